The summed E-state index contributed by atoms with van der Waals surface area (Å²) in [5.41, 5.74) is 11.1. The fourth-order valence-corrected chi connectivity index (χ4v) is 1.91. The van der Waals surface area contributed by atoms with Gasteiger partial charge in [-0.3, -0.25) is 4.68 Å². The van der Waals surface area contributed by atoms with Crippen LogP contribution in [0.15, 0.2) is 24.3 Å². The summed E-state index contributed by atoms with van der Waals surface area (Å²) < 4.78 is 1.91. The minimum Gasteiger partial charge on any atom is -0.399 e. The van der Waals surface area contributed by atoms with Crippen molar-refractivity contribution >= 4 is 11.4 Å². The van der Waals surface area contributed by atoms with Crippen molar-refractivity contribution in [2.75, 3.05) is 11.1 Å². The fourth-order valence-electron chi connectivity index (χ4n) is 1.91. The molecule has 0 saturated carbocycles. The molecule has 17 heavy (non-hydrogen) atoms. The summed E-state index contributed by atoms with van der Waals surface area (Å²) in [5, 5.41) is 7.76. The molecule has 1 aromatic heterocycles. The van der Waals surface area contributed by atoms with Gasteiger partial charge in [-0.05, 0) is 32.0 Å². The van der Waals surface area contributed by atoms with Crippen LogP contribution < -0.4 is 11.1 Å². The molecule has 0 bridgehead atoms. The maximum atomic E-state index is 5.74. The van der Waals surface area contributed by atoms with Gasteiger partial charge in [-0.2, -0.15) is 5.10 Å². The topological polar surface area (TPSA) is 55.9 Å². The molecule has 0 atom stereocenters. The van der Waals surface area contributed by atoms with Crippen molar-refractivity contribution in [1.82, 2.24) is 9.78 Å². The van der Waals surface area contributed by atoms with E-state index < -0.39 is 0 Å². The average Bonchev–Trinajstić information content (AvgIpc) is 2.51. The van der Waals surface area contributed by atoms with E-state index in [1.54, 1.807) is 0 Å². The predicted octanol–water partition coefficient (Wildman–Crippen LogP) is 2.23. The number of nitrogen functional groups attached to an aromatic ring is 1. The van der Waals surface area contributed by atoms with Gasteiger partial charge >= 0.3 is 0 Å². The van der Waals surface area contributed by atoms with Gasteiger partial charge in [0, 0.05) is 36.2 Å². The highest BCUT2D eigenvalue weighted by molar-refractivity contribution is 5.54. The van der Waals surface area contributed by atoms with E-state index in [1.165, 1.54) is 11.3 Å². The lowest BCUT2D eigenvalue weighted by molar-refractivity contribution is 0.730. The van der Waals surface area contributed by atoms with E-state index in [9.17, 15) is 0 Å². The van der Waals surface area contributed by atoms with Crippen molar-refractivity contribution in [3.63, 3.8) is 0 Å². The number of hydrogen-bond acceptors (Lipinski definition) is 3. The molecular formula is C13H18N4. The minimum absolute atomic E-state index is 0.773. The Morgan fingerprint density at radius 2 is 2.12 bits per heavy atom. The van der Waals surface area contributed by atoms with E-state index in [4.69, 9.17) is 5.73 Å². The van der Waals surface area contributed by atoms with Gasteiger partial charge in [0.05, 0.1) is 5.69 Å². The van der Waals surface area contributed by atoms with Crippen molar-refractivity contribution in [3.8, 4) is 0 Å². The lowest BCUT2D eigenvalue weighted by atomic mass is 10.2. The maximum Gasteiger partial charge on any atom is 0.0646 e. The van der Waals surface area contributed by atoms with Gasteiger partial charge in [0.15, 0.2) is 0 Å². The lowest BCUT2D eigenvalue weighted by Gasteiger charge is -2.07. The van der Waals surface area contributed by atoms with Gasteiger partial charge in [-0.15, -0.1) is 0 Å². The average molecular weight is 230 g/mol. The van der Waals surface area contributed by atoms with Crippen molar-refractivity contribution in [1.29, 1.82) is 0 Å². The molecule has 1 aromatic carbocycles. The second-order valence-electron chi connectivity index (χ2n) is 4.25. The van der Waals surface area contributed by atoms with E-state index in [0.717, 1.165) is 23.6 Å². The fraction of sp³-hybridized carbons (Fsp3) is 0.308. The zero-order valence-electron chi connectivity index (χ0n) is 10.5. The molecular weight excluding hydrogens is 212 g/mol. The zero-order chi connectivity index (χ0) is 12.4. The highest BCUT2D eigenvalue weighted by Gasteiger charge is 2.08. The molecule has 0 amide bonds. The van der Waals surface area contributed by atoms with Crippen LogP contribution >= 0.6 is 0 Å². The molecule has 90 valence electrons. The van der Waals surface area contributed by atoms with Crippen LogP contribution in [0.3, 0.4) is 0 Å². The number of nitrogens with two attached hydrogens (primary N) is 1. The first-order chi connectivity index (χ1) is 8.08. The molecule has 0 aliphatic heterocycles. The normalized spacial score (nSPS) is 10.5. The highest BCUT2D eigenvalue weighted by Crippen LogP contribution is 2.16. The van der Waals surface area contributed by atoms with E-state index in [-0.39, 0.29) is 0 Å². The molecule has 0 unspecified atom stereocenters. The number of aryl methyl sites for hydroxylation is 2. The van der Waals surface area contributed by atoms with Crippen LogP contribution in [0.25, 0.3) is 0 Å². The molecule has 2 rings (SSSR count). The smallest absolute Gasteiger partial charge is 0.0646 e. The molecule has 0 aliphatic rings. The SMILES string of the molecule is Cc1nn(C)c(C)c1CNc1cccc(N)c1. The summed E-state index contributed by atoms with van der Waals surface area (Å²) in [7, 11) is 1.96. The Morgan fingerprint density at radius 1 is 1.35 bits per heavy atom. The number of benzene rings is 1. The Kier molecular flexibility index (Phi) is 3.04. The first kappa shape index (κ1) is 11.5. The van der Waals surface area contributed by atoms with Crippen molar-refractivity contribution < 1.29 is 0 Å². The monoisotopic (exact) mass is 230 g/mol. The van der Waals surface area contributed by atoms with Gasteiger partial charge in [0.1, 0.15) is 0 Å². The molecule has 2 aromatic rings. The number of aromatic nitrogens is 2. The molecule has 1 heterocycles. The van der Waals surface area contributed by atoms with Crippen molar-refractivity contribution in [3.05, 3.63) is 41.2 Å². The second kappa shape index (κ2) is 4.49. The zero-order valence-corrected chi connectivity index (χ0v) is 10.5. The Labute approximate surface area is 101 Å². The third kappa shape index (κ3) is 2.41. The first-order valence-corrected chi connectivity index (χ1v) is 5.66. The summed E-state index contributed by atoms with van der Waals surface area (Å²) >= 11 is 0. The number of nitrogens with zero attached hydrogens (tertiary/aromatic N) is 2. The first-order valence-electron chi connectivity index (χ1n) is 5.66. The molecule has 3 N–H and O–H groups in total. The number of rotatable bonds is 3. The van der Waals surface area contributed by atoms with E-state index >= 15 is 0 Å². The summed E-state index contributed by atoms with van der Waals surface area (Å²) in [4.78, 5) is 0. The molecule has 0 fully saturated rings. The van der Waals surface area contributed by atoms with Crippen molar-refractivity contribution in [2.24, 2.45) is 7.05 Å². The third-order valence-electron chi connectivity index (χ3n) is 3.01. The van der Waals surface area contributed by atoms with Gasteiger partial charge in [0.25, 0.3) is 0 Å². The van der Waals surface area contributed by atoms with Crippen LogP contribution in [0.5, 0.6) is 0 Å². The number of anilines is 2. The molecule has 0 saturated heterocycles. The standard InChI is InChI=1S/C13H18N4/c1-9-13(10(2)17(3)16-9)8-15-12-6-4-5-11(14)7-12/h4-7,15H,8,14H2,1-3H3. The Morgan fingerprint density at radius 3 is 2.71 bits per heavy atom. The van der Waals surface area contributed by atoms with Crippen molar-refractivity contribution in [2.45, 2.75) is 20.4 Å². The van der Waals surface area contributed by atoms with Crippen LogP contribution in [0.2, 0.25) is 0 Å². The highest BCUT2D eigenvalue weighted by atomic mass is 15.3. The molecule has 4 nitrogen and oxygen atoms in total. The molecule has 4 heteroatoms. The number of nitrogens with one attached hydrogen (secondary N) is 1. The Balaban J connectivity index is 2.12. The third-order valence-corrected chi connectivity index (χ3v) is 3.01. The largest absolute Gasteiger partial charge is 0.399 e. The predicted molar refractivity (Wildman–Crippen MR) is 70.9 cm³/mol. The second-order valence-corrected chi connectivity index (χ2v) is 4.25. The van der Waals surface area contributed by atoms with Crippen LogP contribution in [0.4, 0.5) is 11.4 Å². The van der Waals surface area contributed by atoms with Gasteiger partial charge in [0.2, 0.25) is 0 Å². The van der Waals surface area contributed by atoms with Crippen LogP contribution in [-0.4, -0.2) is 9.78 Å². The van der Waals surface area contributed by atoms with E-state index in [1.807, 2.05) is 42.9 Å². The quantitative estimate of drug-likeness (QED) is 0.795. The lowest BCUT2D eigenvalue weighted by Crippen LogP contribution is -2.02. The van der Waals surface area contributed by atoms with Gasteiger partial charge in [-0.1, -0.05) is 6.07 Å². The van der Waals surface area contributed by atoms with Crippen LogP contribution in [0, 0.1) is 13.8 Å². The van der Waals surface area contributed by atoms with Crippen LogP contribution in [-0.2, 0) is 13.6 Å². The molecule has 0 spiro atoms. The van der Waals surface area contributed by atoms with Gasteiger partial charge < -0.3 is 11.1 Å². The minimum atomic E-state index is 0.773. The number of hydrogen-bond donors (Lipinski definition) is 2. The van der Waals surface area contributed by atoms with Gasteiger partial charge in [-0.25, -0.2) is 0 Å². The summed E-state index contributed by atoms with van der Waals surface area (Å²) in [6.07, 6.45) is 0. The molecule has 0 aliphatic carbocycles. The summed E-state index contributed by atoms with van der Waals surface area (Å²) in [6, 6.07) is 7.77. The maximum absolute atomic E-state index is 5.74. The Hall–Kier alpha value is -1.97. The molecule has 0 radical (unpaired) electrons. The summed E-state index contributed by atoms with van der Waals surface area (Å²) in [6.45, 7) is 4.88. The summed E-state index contributed by atoms with van der Waals surface area (Å²) in [5.74, 6) is 0. The van der Waals surface area contributed by atoms with Crippen LogP contribution in [0.1, 0.15) is 17.0 Å². The Bertz CT molecular complexity index is 528. The van der Waals surface area contributed by atoms with E-state index in [0.29, 0.717) is 0 Å². The van der Waals surface area contributed by atoms with E-state index in [2.05, 4.69) is 17.3 Å².